The molecule has 1 aromatic carbocycles. The van der Waals surface area contributed by atoms with E-state index in [1.165, 1.54) is 0 Å². The summed E-state index contributed by atoms with van der Waals surface area (Å²) in [5.74, 6) is 0.107. The molecule has 1 heterocycles. The van der Waals surface area contributed by atoms with Gasteiger partial charge in [-0.1, -0.05) is 34.5 Å². The highest BCUT2D eigenvalue weighted by Gasteiger charge is 2.36. The van der Waals surface area contributed by atoms with Crippen LogP contribution in [-0.2, 0) is 6.54 Å². The van der Waals surface area contributed by atoms with Gasteiger partial charge in [-0.05, 0) is 37.8 Å². The predicted octanol–water partition coefficient (Wildman–Crippen LogP) is 3.49. The van der Waals surface area contributed by atoms with E-state index >= 15 is 0 Å². The molecular formula is C15H16Cl2N4O. The van der Waals surface area contributed by atoms with Gasteiger partial charge in [0.15, 0.2) is 5.69 Å². The molecule has 0 aliphatic heterocycles. The Morgan fingerprint density at radius 1 is 1.41 bits per heavy atom. The quantitative estimate of drug-likeness (QED) is 0.907. The van der Waals surface area contributed by atoms with Gasteiger partial charge in [-0.3, -0.25) is 9.48 Å². The van der Waals surface area contributed by atoms with E-state index in [0.717, 1.165) is 18.4 Å². The van der Waals surface area contributed by atoms with Crippen molar-refractivity contribution < 1.29 is 4.79 Å². The summed E-state index contributed by atoms with van der Waals surface area (Å²) in [6, 6.07) is 5.18. The lowest BCUT2D eigenvalue weighted by molar-refractivity contribution is 0.0926. The van der Waals surface area contributed by atoms with E-state index < -0.39 is 0 Å². The lowest BCUT2D eigenvalue weighted by atomic mass is 10.0. The van der Waals surface area contributed by atoms with Crippen LogP contribution in [0.5, 0.6) is 0 Å². The Balaban J connectivity index is 1.85. The third-order valence-electron chi connectivity index (χ3n) is 3.79. The molecule has 1 amide bonds. The summed E-state index contributed by atoms with van der Waals surface area (Å²) in [4.78, 5) is 12.4. The topological polar surface area (TPSA) is 59.8 Å². The fourth-order valence-corrected chi connectivity index (χ4v) is 3.07. The van der Waals surface area contributed by atoms with Crippen LogP contribution < -0.4 is 5.32 Å². The van der Waals surface area contributed by atoms with E-state index in [1.54, 1.807) is 29.1 Å². The molecule has 0 spiro atoms. The Bertz CT molecular complexity index is 676. The predicted molar refractivity (Wildman–Crippen MR) is 85.1 cm³/mol. The SMILES string of the molecule is CCn1cc(C(=O)NC(c2c(Cl)cccc2Cl)C2CC2)nn1. The van der Waals surface area contributed by atoms with Crippen LogP contribution in [0.4, 0.5) is 0 Å². The molecule has 1 unspecified atom stereocenters. The zero-order chi connectivity index (χ0) is 15.7. The fraction of sp³-hybridized carbons (Fsp3) is 0.400. The van der Waals surface area contributed by atoms with Crippen molar-refractivity contribution in [1.82, 2.24) is 20.3 Å². The maximum absolute atomic E-state index is 12.4. The molecule has 1 N–H and O–H groups in total. The molecule has 1 aromatic heterocycles. The average Bonchev–Trinajstić information content (AvgIpc) is 3.22. The van der Waals surface area contributed by atoms with Gasteiger partial charge in [0.1, 0.15) is 0 Å². The molecule has 2 aromatic rings. The second kappa shape index (κ2) is 6.26. The van der Waals surface area contributed by atoms with Crippen molar-refractivity contribution in [3.63, 3.8) is 0 Å². The molecule has 5 nitrogen and oxygen atoms in total. The largest absolute Gasteiger partial charge is 0.343 e. The van der Waals surface area contributed by atoms with E-state index in [9.17, 15) is 4.79 Å². The lowest BCUT2D eigenvalue weighted by Gasteiger charge is -2.20. The first kappa shape index (κ1) is 15.3. The summed E-state index contributed by atoms with van der Waals surface area (Å²) in [6.45, 7) is 2.61. The van der Waals surface area contributed by atoms with E-state index in [0.29, 0.717) is 28.2 Å². The minimum absolute atomic E-state index is 0.194. The number of aromatic nitrogens is 3. The number of rotatable bonds is 5. The number of hydrogen-bond acceptors (Lipinski definition) is 3. The summed E-state index contributed by atoms with van der Waals surface area (Å²) in [6.07, 6.45) is 3.73. The smallest absolute Gasteiger partial charge is 0.273 e. The number of halogens is 2. The Kier molecular flexibility index (Phi) is 4.36. The molecule has 0 bridgehead atoms. The molecule has 116 valence electrons. The maximum atomic E-state index is 12.4. The number of carbonyl (C=O) groups is 1. The molecule has 0 radical (unpaired) electrons. The zero-order valence-electron chi connectivity index (χ0n) is 12.1. The summed E-state index contributed by atoms with van der Waals surface area (Å²) in [5, 5.41) is 11.9. The average molecular weight is 339 g/mol. The van der Waals surface area contributed by atoms with Gasteiger partial charge in [0.2, 0.25) is 0 Å². The summed E-state index contributed by atoms with van der Waals surface area (Å²) in [5.41, 5.74) is 1.08. The van der Waals surface area contributed by atoms with Gasteiger partial charge in [-0.15, -0.1) is 5.10 Å². The van der Waals surface area contributed by atoms with Crippen LogP contribution >= 0.6 is 23.2 Å². The van der Waals surface area contributed by atoms with Crippen molar-refractivity contribution in [3.8, 4) is 0 Å². The van der Waals surface area contributed by atoms with Gasteiger partial charge < -0.3 is 5.32 Å². The molecule has 1 fully saturated rings. The third-order valence-corrected chi connectivity index (χ3v) is 4.45. The van der Waals surface area contributed by atoms with E-state index in [4.69, 9.17) is 23.2 Å². The highest BCUT2D eigenvalue weighted by molar-refractivity contribution is 6.36. The van der Waals surface area contributed by atoms with Gasteiger partial charge in [-0.2, -0.15) is 0 Å². The Labute approximate surface area is 138 Å². The van der Waals surface area contributed by atoms with E-state index in [1.807, 2.05) is 6.92 Å². The van der Waals surface area contributed by atoms with Crippen LogP contribution in [0, 0.1) is 5.92 Å². The monoisotopic (exact) mass is 338 g/mol. The number of hydrogen-bond donors (Lipinski definition) is 1. The Hall–Kier alpha value is -1.59. The zero-order valence-corrected chi connectivity index (χ0v) is 13.6. The molecule has 22 heavy (non-hydrogen) atoms. The molecule has 1 aliphatic carbocycles. The van der Waals surface area contributed by atoms with Gasteiger partial charge in [0, 0.05) is 22.2 Å². The number of nitrogens with zero attached hydrogens (tertiary/aromatic N) is 3. The van der Waals surface area contributed by atoms with Gasteiger partial charge in [0.25, 0.3) is 5.91 Å². The molecule has 0 saturated heterocycles. The van der Waals surface area contributed by atoms with Gasteiger partial charge in [-0.25, -0.2) is 0 Å². The van der Waals surface area contributed by atoms with Crippen LogP contribution in [0.15, 0.2) is 24.4 Å². The number of aryl methyl sites for hydroxylation is 1. The normalized spacial score (nSPS) is 15.6. The van der Waals surface area contributed by atoms with Crippen molar-refractivity contribution in [3.05, 3.63) is 45.7 Å². The Morgan fingerprint density at radius 2 is 2.09 bits per heavy atom. The van der Waals surface area contributed by atoms with Crippen LogP contribution in [-0.4, -0.2) is 20.9 Å². The van der Waals surface area contributed by atoms with Crippen molar-refractivity contribution >= 4 is 29.1 Å². The summed E-state index contributed by atoms with van der Waals surface area (Å²) in [7, 11) is 0. The molecular weight excluding hydrogens is 323 g/mol. The minimum atomic E-state index is -0.257. The first-order valence-corrected chi connectivity index (χ1v) is 8.00. The first-order chi connectivity index (χ1) is 10.6. The van der Waals surface area contributed by atoms with Crippen molar-refractivity contribution in [2.75, 3.05) is 0 Å². The minimum Gasteiger partial charge on any atom is -0.343 e. The third kappa shape index (κ3) is 3.10. The second-order valence-corrected chi connectivity index (χ2v) is 6.20. The molecule has 1 saturated carbocycles. The number of carbonyl (C=O) groups excluding carboxylic acids is 1. The van der Waals surface area contributed by atoms with Gasteiger partial charge >= 0.3 is 0 Å². The van der Waals surface area contributed by atoms with Gasteiger partial charge in [0.05, 0.1) is 12.2 Å². The van der Waals surface area contributed by atoms with Crippen LogP contribution in [0.2, 0.25) is 10.0 Å². The van der Waals surface area contributed by atoms with E-state index in [2.05, 4.69) is 15.6 Å². The molecule has 7 heteroatoms. The summed E-state index contributed by atoms with van der Waals surface area (Å²) >= 11 is 12.6. The van der Waals surface area contributed by atoms with Crippen molar-refractivity contribution in [1.29, 1.82) is 0 Å². The number of nitrogens with one attached hydrogen (secondary N) is 1. The lowest BCUT2D eigenvalue weighted by Crippen LogP contribution is -2.30. The molecule has 1 atom stereocenters. The highest BCUT2D eigenvalue weighted by Crippen LogP contribution is 2.45. The molecule has 3 rings (SSSR count). The van der Waals surface area contributed by atoms with E-state index in [-0.39, 0.29) is 11.9 Å². The highest BCUT2D eigenvalue weighted by atomic mass is 35.5. The second-order valence-electron chi connectivity index (χ2n) is 5.38. The van der Waals surface area contributed by atoms with Crippen LogP contribution in [0.25, 0.3) is 0 Å². The molecule has 1 aliphatic rings. The Morgan fingerprint density at radius 3 is 2.64 bits per heavy atom. The fourth-order valence-electron chi connectivity index (χ4n) is 2.44. The van der Waals surface area contributed by atoms with Crippen molar-refractivity contribution in [2.24, 2.45) is 5.92 Å². The first-order valence-electron chi connectivity index (χ1n) is 7.25. The number of amides is 1. The number of benzene rings is 1. The maximum Gasteiger partial charge on any atom is 0.273 e. The summed E-state index contributed by atoms with van der Waals surface area (Å²) < 4.78 is 1.61. The van der Waals surface area contributed by atoms with Crippen LogP contribution in [0.3, 0.4) is 0 Å². The van der Waals surface area contributed by atoms with Crippen LogP contribution in [0.1, 0.15) is 41.9 Å². The standard InChI is InChI=1S/C15H16Cl2N4O/c1-2-21-8-12(19-20-21)15(22)18-14(9-6-7-9)13-10(16)4-3-5-11(13)17/h3-5,8-9,14H,2,6-7H2,1H3,(H,18,22). The van der Waals surface area contributed by atoms with Crippen molar-refractivity contribution in [2.45, 2.75) is 32.4 Å².